The van der Waals surface area contributed by atoms with Gasteiger partial charge >= 0.3 is 0 Å². The lowest BCUT2D eigenvalue weighted by molar-refractivity contribution is 0.758. The average Bonchev–Trinajstić information content (AvgIpc) is 3.26. The summed E-state index contributed by atoms with van der Waals surface area (Å²) < 4.78 is 0. The van der Waals surface area contributed by atoms with Crippen LogP contribution < -0.4 is 5.32 Å². The summed E-state index contributed by atoms with van der Waals surface area (Å²) in [5, 5.41) is 3.82. The summed E-state index contributed by atoms with van der Waals surface area (Å²) in [7, 11) is 0. The van der Waals surface area contributed by atoms with Gasteiger partial charge in [-0.3, -0.25) is 0 Å². The van der Waals surface area contributed by atoms with Crippen LogP contribution in [0, 0.1) is 6.92 Å². The third kappa shape index (κ3) is 4.90. The van der Waals surface area contributed by atoms with Crippen molar-refractivity contribution in [1.29, 1.82) is 0 Å². The smallest absolute Gasteiger partial charge is 0.0710 e. The van der Waals surface area contributed by atoms with Crippen molar-refractivity contribution in [2.75, 3.05) is 5.32 Å². The number of allylic oxidation sites excluding steroid dienone is 14. The predicted octanol–water partition coefficient (Wildman–Crippen LogP) is 11.0. The fourth-order valence-electron chi connectivity index (χ4n) is 6.77. The van der Waals surface area contributed by atoms with Crippen molar-refractivity contribution in [2.24, 2.45) is 0 Å². The third-order valence-corrected chi connectivity index (χ3v) is 8.63. The van der Waals surface area contributed by atoms with E-state index in [0.29, 0.717) is 0 Å². The molecule has 0 heterocycles. The summed E-state index contributed by atoms with van der Waals surface area (Å²) in [4.78, 5) is 0. The summed E-state index contributed by atoms with van der Waals surface area (Å²) in [5.41, 5.74) is 13.4. The van der Waals surface area contributed by atoms with Gasteiger partial charge in [-0.1, -0.05) is 122 Å². The number of hydrogen-bond acceptors (Lipinski definition) is 1. The highest BCUT2D eigenvalue weighted by Gasteiger charge is 2.49. The first kappa shape index (κ1) is 27.5. The highest BCUT2D eigenvalue weighted by molar-refractivity contribution is 5.96. The fourth-order valence-corrected chi connectivity index (χ4v) is 6.77. The van der Waals surface area contributed by atoms with Crippen molar-refractivity contribution in [3.05, 3.63) is 179 Å². The second kappa shape index (κ2) is 12.1. The van der Waals surface area contributed by atoms with Gasteiger partial charge in [0.1, 0.15) is 0 Å². The molecule has 0 fully saturated rings. The number of fused-ring (bicyclic) bond motifs is 3. The number of aryl methyl sites for hydroxylation is 1. The number of anilines is 1. The van der Waals surface area contributed by atoms with Crippen molar-refractivity contribution in [1.82, 2.24) is 0 Å². The Morgan fingerprint density at radius 1 is 0.905 bits per heavy atom. The van der Waals surface area contributed by atoms with E-state index in [1.807, 2.05) is 6.08 Å². The monoisotopic (exact) mass is 545 g/mol. The second-order valence-electron chi connectivity index (χ2n) is 11.2. The molecule has 0 spiro atoms. The zero-order valence-electron chi connectivity index (χ0n) is 24.7. The first-order chi connectivity index (χ1) is 20.7. The van der Waals surface area contributed by atoms with E-state index in [1.54, 1.807) is 0 Å². The predicted molar refractivity (Wildman–Crippen MR) is 181 cm³/mol. The molecule has 0 bridgehead atoms. The largest absolute Gasteiger partial charge is 0.356 e. The standard InChI is InChI=1S/C41H39N/c1-4-16-33(17-5-2)41(34-20-11-6-7-12-21-34)38-25-14-13-23-36(38)37-24-15-22-35(29-39(37)41)42-40-27-26-32(28-30(40)3)31-18-9-8-10-19-31/h4-5,8-11,13-14,16-29,42H,1,6-7,12,15H2,2-3H3/b17-5-,33-16+. The molecule has 3 aromatic carbocycles. The minimum Gasteiger partial charge on any atom is -0.356 e. The molecule has 0 amide bonds. The van der Waals surface area contributed by atoms with Crippen molar-refractivity contribution in [3.63, 3.8) is 0 Å². The Kier molecular flexibility index (Phi) is 7.93. The molecule has 208 valence electrons. The Hall–Kier alpha value is -4.62. The van der Waals surface area contributed by atoms with Crippen LogP contribution in [-0.2, 0) is 5.41 Å². The SMILES string of the molecule is C=C/C=C(\C=C/C)C1(C2=CCCCC=C2)C2=CC(Nc3ccc(-c4ccccc4)cc3C)=CCC=C2c2ccccc21. The van der Waals surface area contributed by atoms with Crippen molar-refractivity contribution >= 4 is 11.3 Å². The molecule has 0 saturated heterocycles. The molecule has 1 heteroatoms. The highest BCUT2D eigenvalue weighted by atomic mass is 14.9. The average molecular weight is 546 g/mol. The van der Waals surface area contributed by atoms with E-state index in [9.17, 15) is 0 Å². The molecule has 0 aliphatic heterocycles. The lowest BCUT2D eigenvalue weighted by Gasteiger charge is -2.36. The van der Waals surface area contributed by atoms with Crippen LogP contribution in [0.1, 0.15) is 49.3 Å². The molecule has 0 saturated carbocycles. The molecule has 1 N–H and O–H groups in total. The van der Waals surface area contributed by atoms with Crippen LogP contribution in [0.25, 0.3) is 16.7 Å². The summed E-state index contributed by atoms with van der Waals surface area (Å²) in [6.45, 7) is 8.43. The number of benzene rings is 3. The molecule has 6 rings (SSSR count). The van der Waals surface area contributed by atoms with Crippen LogP contribution in [-0.4, -0.2) is 0 Å². The van der Waals surface area contributed by atoms with Gasteiger partial charge in [0.2, 0.25) is 0 Å². The molecule has 1 nitrogen and oxygen atoms in total. The van der Waals surface area contributed by atoms with Crippen LogP contribution in [0.3, 0.4) is 0 Å². The zero-order valence-corrected chi connectivity index (χ0v) is 24.7. The number of hydrogen-bond donors (Lipinski definition) is 1. The van der Waals surface area contributed by atoms with Gasteiger partial charge < -0.3 is 5.32 Å². The molecule has 1 unspecified atom stereocenters. The number of nitrogens with one attached hydrogen (secondary N) is 1. The summed E-state index contributed by atoms with van der Waals surface area (Å²) in [6.07, 6.45) is 27.1. The maximum absolute atomic E-state index is 4.13. The Balaban J connectivity index is 1.51. The third-order valence-electron chi connectivity index (χ3n) is 8.63. The van der Waals surface area contributed by atoms with E-state index < -0.39 is 5.41 Å². The summed E-state index contributed by atoms with van der Waals surface area (Å²) in [6, 6.07) is 26.3. The van der Waals surface area contributed by atoms with Crippen molar-refractivity contribution in [2.45, 2.75) is 44.9 Å². The highest BCUT2D eigenvalue weighted by Crippen LogP contribution is 2.59. The maximum atomic E-state index is 4.13. The molecule has 3 aromatic rings. The Bertz CT molecular complexity index is 1720. The fraction of sp³-hybridized carbons (Fsp3) is 0.171. The van der Waals surface area contributed by atoms with Gasteiger partial charge in [-0.15, -0.1) is 0 Å². The van der Waals surface area contributed by atoms with E-state index in [2.05, 4.69) is 153 Å². The van der Waals surface area contributed by atoms with Crippen LogP contribution in [0.2, 0.25) is 0 Å². The van der Waals surface area contributed by atoms with Crippen LogP contribution >= 0.6 is 0 Å². The van der Waals surface area contributed by atoms with Crippen LogP contribution in [0.5, 0.6) is 0 Å². The minimum atomic E-state index is -0.429. The Morgan fingerprint density at radius 2 is 1.74 bits per heavy atom. The van der Waals surface area contributed by atoms with E-state index in [0.717, 1.165) is 30.6 Å². The van der Waals surface area contributed by atoms with Gasteiger partial charge in [0, 0.05) is 11.4 Å². The maximum Gasteiger partial charge on any atom is 0.0710 e. The Morgan fingerprint density at radius 3 is 2.55 bits per heavy atom. The van der Waals surface area contributed by atoms with Gasteiger partial charge in [0.25, 0.3) is 0 Å². The molecular weight excluding hydrogens is 506 g/mol. The quantitative estimate of drug-likeness (QED) is 0.291. The van der Waals surface area contributed by atoms with Gasteiger partial charge in [-0.25, -0.2) is 0 Å². The summed E-state index contributed by atoms with van der Waals surface area (Å²) in [5.74, 6) is 0. The Labute approximate surface area is 251 Å². The first-order valence-electron chi connectivity index (χ1n) is 15.2. The minimum absolute atomic E-state index is 0.429. The first-order valence-corrected chi connectivity index (χ1v) is 15.2. The van der Waals surface area contributed by atoms with Gasteiger partial charge in [-0.05, 0) is 108 Å². The molecule has 1 atom stereocenters. The van der Waals surface area contributed by atoms with Gasteiger partial charge in [0.15, 0.2) is 0 Å². The van der Waals surface area contributed by atoms with Crippen molar-refractivity contribution in [3.8, 4) is 11.1 Å². The lowest BCUT2D eigenvalue weighted by Crippen LogP contribution is -2.30. The van der Waals surface area contributed by atoms with Crippen LogP contribution in [0.4, 0.5) is 5.69 Å². The van der Waals surface area contributed by atoms with Crippen molar-refractivity contribution < 1.29 is 0 Å². The van der Waals surface area contributed by atoms with E-state index in [1.165, 1.54) is 56.5 Å². The summed E-state index contributed by atoms with van der Waals surface area (Å²) >= 11 is 0. The molecule has 3 aliphatic rings. The molecule has 3 aliphatic carbocycles. The molecule has 0 aromatic heterocycles. The van der Waals surface area contributed by atoms with E-state index in [-0.39, 0.29) is 0 Å². The number of rotatable bonds is 7. The van der Waals surface area contributed by atoms with Gasteiger partial charge in [-0.2, -0.15) is 0 Å². The van der Waals surface area contributed by atoms with E-state index >= 15 is 0 Å². The zero-order chi connectivity index (χ0) is 28.9. The molecule has 42 heavy (non-hydrogen) atoms. The van der Waals surface area contributed by atoms with E-state index in [4.69, 9.17) is 0 Å². The van der Waals surface area contributed by atoms with Crippen LogP contribution in [0.15, 0.2) is 163 Å². The lowest BCUT2D eigenvalue weighted by atomic mass is 9.65. The molecule has 0 radical (unpaired) electrons. The van der Waals surface area contributed by atoms with Gasteiger partial charge in [0.05, 0.1) is 5.41 Å². The normalized spacial score (nSPS) is 20.0. The topological polar surface area (TPSA) is 12.0 Å². The molecular formula is C41H39N. The second-order valence-corrected chi connectivity index (χ2v) is 11.2.